The van der Waals surface area contributed by atoms with Crippen LogP contribution in [0.25, 0.3) is 46.0 Å². The summed E-state index contributed by atoms with van der Waals surface area (Å²) in [5, 5.41) is 18.0. The molecule has 0 bridgehead atoms. The Bertz CT molecular complexity index is 1480. The fraction of sp³-hybridized carbons (Fsp3) is 0. The Morgan fingerprint density at radius 2 is 0.816 bits per heavy atom. The zero-order valence-electron chi connectivity index (χ0n) is 21.4. The topological polar surface area (TPSA) is 61.4 Å². The second kappa shape index (κ2) is 13.1. The van der Waals surface area contributed by atoms with E-state index in [1.54, 1.807) is 22.0 Å². The van der Waals surface area contributed by atoms with Gasteiger partial charge < -0.3 is 0 Å². The Labute approximate surface area is 265 Å². The van der Waals surface area contributed by atoms with Crippen LogP contribution in [0.4, 0.5) is 0 Å². The molecule has 0 N–H and O–H groups in total. The molecule has 0 aliphatic heterocycles. The van der Waals surface area contributed by atoms with E-state index in [4.69, 9.17) is 0 Å². The maximum absolute atomic E-state index is 4.60. The number of benzene rings is 4. The molecule has 4 aromatic carbocycles. The van der Waals surface area contributed by atoms with Crippen molar-refractivity contribution >= 4 is 71.3 Å². The zero-order valence-corrected chi connectivity index (χ0v) is 25.4. The van der Waals surface area contributed by atoms with Gasteiger partial charge in [0.15, 0.2) is 0 Å². The van der Waals surface area contributed by atoms with Crippen LogP contribution in [0.5, 0.6) is 0 Å². The second-order valence-corrected chi connectivity index (χ2v) is 8.29. The van der Waals surface area contributed by atoms with Crippen LogP contribution in [-0.2, 0) is 0 Å². The summed E-state index contributed by atoms with van der Waals surface area (Å²) in [5.74, 6) is 0. The van der Waals surface area contributed by atoms with E-state index in [1.165, 1.54) is 0 Å². The molecule has 6 rings (SSSR count). The van der Waals surface area contributed by atoms with Crippen molar-refractivity contribution in [2.45, 2.75) is 0 Å². The number of hydrogen-bond donors (Lipinski definition) is 0. The van der Waals surface area contributed by atoms with Crippen molar-refractivity contribution in [1.29, 1.82) is 0 Å². The monoisotopic (exact) mass is 512 g/mol. The molecule has 174 valence electrons. The number of hydrogen-bond acceptors (Lipinski definition) is 4. The van der Waals surface area contributed by atoms with Gasteiger partial charge >= 0.3 is 0 Å². The maximum atomic E-state index is 4.60. The van der Waals surface area contributed by atoms with E-state index in [1.807, 2.05) is 84.9 Å². The average Bonchev–Trinajstić information content (AvgIpc) is 3.65. The third-order valence-electron chi connectivity index (χ3n) is 5.84. The molecule has 0 spiro atoms. The molecular formula is C30H22N6Na2. The Kier molecular flexibility index (Phi) is 9.63. The van der Waals surface area contributed by atoms with Gasteiger partial charge in [-0.05, 0) is 35.4 Å². The predicted octanol–water partition coefficient (Wildman–Crippen LogP) is 5.59. The molecule has 6 aromatic rings. The van der Waals surface area contributed by atoms with Gasteiger partial charge in [-0.15, -0.1) is 10.2 Å². The Hall–Kier alpha value is -3.10. The van der Waals surface area contributed by atoms with Gasteiger partial charge in [0.25, 0.3) is 0 Å². The molecule has 0 aliphatic carbocycles. The predicted molar refractivity (Wildman–Crippen MR) is 154 cm³/mol. The number of rotatable bonds is 6. The fourth-order valence-electron chi connectivity index (χ4n) is 3.89. The third-order valence-corrected chi connectivity index (χ3v) is 5.84. The van der Waals surface area contributed by atoms with Crippen molar-refractivity contribution in [2.75, 3.05) is 0 Å². The van der Waals surface area contributed by atoms with Crippen molar-refractivity contribution in [3.8, 4) is 33.9 Å². The summed E-state index contributed by atoms with van der Waals surface area (Å²) in [7, 11) is 0. The smallest absolute Gasteiger partial charge is 0.113 e. The first-order chi connectivity index (χ1) is 17.8. The Morgan fingerprint density at radius 3 is 1.18 bits per heavy atom. The molecule has 0 saturated heterocycles. The summed E-state index contributed by atoms with van der Waals surface area (Å²) >= 11 is 0. The fourth-order valence-corrected chi connectivity index (χ4v) is 3.89. The second-order valence-electron chi connectivity index (χ2n) is 8.29. The van der Waals surface area contributed by atoms with Crippen LogP contribution in [-0.4, -0.2) is 89.1 Å². The van der Waals surface area contributed by atoms with Gasteiger partial charge in [-0.2, -0.15) is 19.8 Å². The van der Waals surface area contributed by atoms with Gasteiger partial charge in [-0.1, -0.05) is 97.1 Å². The van der Waals surface area contributed by atoms with E-state index in [-0.39, 0.29) is 59.1 Å². The summed E-state index contributed by atoms with van der Waals surface area (Å²) in [6, 6.07) is 36.4. The van der Waals surface area contributed by atoms with Crippen molar-refractivity contribution in [1.82, 2.24) is 30.0 Å². The summed E-state index contributed by atoms with van der Waals surface area (Å²) in [5.41, 5.74) is 7.83. The standard InChI is InChI=1S/C30H22N6.2Na/c1-3-7-25(8-4-1)29-21-31-35(33-29)27-17-13-23(14-18-27)11-12-24-15-19-28(20-16-24)36-32-22-30(34-36)26-9-5-2-6-10-26;;/h1-22H;;. The summed E-state index contributed by atoms with van der Waals surface area (Å²) in [6.45, 7) is 0. The van der Waals surface area contributed by atoms with E-state index >= 15 is 0 Å². The van der Waals surface area contributed by atoms with Crippen molar-refractivity contribution in [3.63, 3.8) is 0 Å². The SMILES string of the molecule is C(=Cc1ccc(-n2ncc(-c3ccccc3)n2)cc1)c1ccc(-n2ncc(-c3ccccc3)n2)cc1.[Na].[Na]. The van der Waals surface area contributed by atoms with E-state index in [0.29, 0.717) is 0 Å². The van der Waals surface area contributed by atoms with Crippen LogP contribution in [0.2, 0.25) is 0 Å². The number of aromatic nitrogens is 6. The van der Waals surface area contributed by atoms with Crippen molar-refractivity contribution in [2.24, 2.45) is 0 Å². The summed E-state index contributed by atoms with van der Waals surface area (Å²) in [4.78, 5) is 3.31. The van der Waals surface area contributed by atoms with Crippen LogP contribution in [0.15, 0.2) is 122 Å². The molecule has 0 saturated carbocycles. The largest absolute Gasteiger partial charge is 0.156 e. The number of nitrogens with zero attached hydrogens (tertiary/aromatic N) is 6. The van der Waals surface area contributed by atoms with Gasteiger partial charge in [0, 0.05) is 70.2 Å². The molecule has 0 atom stereocenters. The van der Waals surface area contributed by atoms with E-state index in [9.17, 15) is 0 Å². The molecule has 0 fully saturated rings. The average molecular weight is 513 g/mol. The summed E-state index contributed by atoms with van der Waals surface area (Å²) in [6.07, 6.45) is 7.75. The zero-order chi connectivity index (χ0) is 24.2. The molecular weight excluding hydrogens is 490 g/mol. The van der Waals surface area contributed by atoms with Crippen LogP contribution >= 0.6 is 0 Å². The molecule has 8 heteroatoms. The van der Waals surface area contributed by atoms with E-state index < -0.39 is 0 Å². The molecule has 0 amide bonds. The van der Waals surface area contributed by atoms with E-state index in [2.05, 4.69) is 56.8 Å². The van der Waals surface area contributed by atoms with Crippen LogP contribution in [0.1, 0.15) is 11.1 Å². The van der Waals surface area contributed by atoms with Crippen LogP contribution < -0.4 is 0 Å². The first kappa shape index (κ1) is 27.9. The molecule has 2 heterocycles. The third kappa shape index (κ3) is 6.48. The Balaban J connectivity index is 0.00000168. The quantitative estimate of drug-likeness (QED) is 0.216. The van der Waals surface area contributed by atoms with Gasteiger partial charge in [0.05, 0.1) is 23.8 Å². The molecule has 6 nitrogen and oxygen atoms in total. The van der Waals surface area contributed by atoms with Crippen molar-refractivity contribution < 1.29 is 0 Å². The maximum Gasteiger partial charge on any atom is 0.113 e. The minimum absolute atomic E-state index is 0. The molecule has 0 unspecified atom stereocenters. The first-order valence-corrected chi connectivity index (χ1v) is 11.7. The van der Waals surface area contributed by atoms with Gasteiger partial charge in [0.2, 0.25) is 0 Å². The minimum Gasteiger partial charge on any atom is -0.156 e. The normalized spacial score (nSPS) is 10.6. The molecule has 0 aliphatic rings. The molecule has 2 radical (unpaired) electrons. The van der Waals surface area contributed by atoms with Crippen LogP contribution in [0, 0.1) is 0 Å². The van der Waals surface area contributed by atoms with Gasteiger partial charge in [0.1, 0.15) is 11.4 Å². The molecule has 2 aromatic heterocycles. The van der Waals surface area contributed by atoms with Gasteiger partial charge in [-0.3, -0.25) is 0 Å². The van der Waals surface area contributed by atoms with Crippen molar-refractivity contribution in [3.05, 3.63) is 133 Å². The summed E-state index contributed by atoms with van der Waals surface area (Å²) < 4.78 is 0. The minimum atomic E-state index is 0. The first-order valence-electron chi connectivity index (χ1n) is 11.7. The van der Waals surface area contributed by atoms with E-state index in [0.717, 1.165) is 45.0 Å². The van der Waals surface area contributed by atoms with Gasteiger partial charge in [-0.25, -0.2) is 0 Å². The Morgan fingerprint density at radius 1 is 0.447 bits per heavy atom. The molecule has 38 heavy (non-hydrogen) atoms. The van der Waals surface area contributed by atoms with Crippen LogP contribution in [0.3, 0.4) is 0 Å².